The molecule has 1 rings (SSSR count). The zero-order chi connectivity index (χ0) is 8.27. The van der Waals surface area contributed by atoms with Gasteiger partial charge >= 0.3 is 0 Å². The minimum atomic E-state index is -0.832. The zero-order valence-electron chi connectivity index (χ0n) is 6.06. The van der Waals surface area contributed by atoms with Crippen LogP contribution in [0, 0.1) is 0 Å². The van der Waals surface area contributed by atoms with Crippen LogP contribution >= 0.6 is 0 Å². The van der Waals surface area contributed by atoms with Gasteiger partial charge in [0.25, 0.3) is 5.91 Å². The second-order valence-corrected chi connectivity index (χ2v) is 1.97. The summed E-state index contributed by atoms with van der Waals surface area (Å²) in [5.74, 6) is -1.58. The second-order valence-electron chi connectivity index (χ2n) is 1.97. The fourth-order valence-corrected chi connectivity index (χ4v) is 0.701. The van der Waals surface area contributed by atoms with E-state index in [4.69, 9.17) is 4.74 Å². The fraction of sp³-hybridized carbons (Fsp3) is 0.500. The molecule has 0 bridgehead atoms. The summed E-state index contributed by atoms with van der Waals surface area (Å²) in [5.41, 5.74) is 0. The number of hydrogen-bond donors (Lipinski definition) is 2. The molecule has 0 aromatic heterocycles. The van der Waals surface area contributed by atoms with Crippen LogP contribution in [-0.4, -0.2) is 18.9 Å². The van der Waals surface area contributed by atoms with Crippen molar-refractivity contribution in [2.24, 2.45) is 0 Å². The average Bonchev–Trinajstić information content (AvgIpc) is 1.98. The molecule has 1 amide bonds. The first-order valence-corrected chi connectivity index (χ1v) is 3.28. The molecule has 1 heterocycles. The Morgan fingerprint density at radius 1 is 1.82 bits per heavy atom. The van der Waals surface area contributed by atoms with Crippen molar-refractivity contribution in [2.75, 3.05) is 6.61 Å². The van der Waals surface area contributed by atoms with E-state index < -0.39 is 18.1 Å². The van der Waals surface area contributed by atoms with E-state index in [2.05, 4.69) is 10.6 Å². The lowest BCUT2D eigenvalue weighted by Gasteiger charge is -2.21. The van der Waals surface area contributed by atoms with Crippen LogP contribution < -0.4 is 10.6 Å². The van der Waals surface area contributed by atoms with E-state index in [0.717, 1.165) is 6.20 Å². The van der Waals surface area contributed by atoms with Crippen LogP contribution in [0.25, 0.3) is 0 Å². The Morgan fingerprint density at radius 2 is 2.55 bits per heavy atom. The molecule has 1 aliphatic rings. The number of rotatable bonds is 2. The first kappa shape index (κ1) is 8.00. The van der Waals surface area contributed by atoms with Crippen LogP contribution in [0.4, 0.5) is 4.39 Å². The van der Waals surface area contributed by atoms with E-state index in [9.17, 15) is 9.18 Å². The normalized spacial score (nSPS) is 23.6. The molecule has 0 fully saturated rings. The van der Waals surface area contributed by atoms with Gasteiger partial charge in [0.05, 0.1) is 0 Å². The third-order valence-electron chi connectivity index (χ3n) is 1.17. The molecule has 4 nitrogen and oxygen atoms in total. The Hall–Kier alpha value is -1.10. The number of amides is 1. The molecule has 62 valence electrons. The molecule has 11 heavy (non-hydrogen) atoms. The molecule has 5 heteroatoms. The predicted molar refractivity (Wildman–Crippen MR) is 35.9 cm³/mol. The van der Waals surface area contributed by atoms with Crippen LogP contribution in [-0.2, 0) is 9.53 Å². The molecular formula is C6H9FN2O2. The molecule has 1 aliphatic heterocycles. The Kier molecular flexibility index (Phi) is 2.43. The highest BCUT2D eigenvalue weighted by atomic mass is 19.1. The third kappa shape index (κ3) is 1.91. The van der Waals surface area contributed by atoms with Gasteiger partial charge in [-0.05, 0) is 6.92 Å². The maximum Gasteiger partial charge on any atom is 0.284 e. The van der Waals surface area contributed by atoms with Crippen LogP contribution in [0.3, 0.4) is 0 Å². The predicted octanol–water partition coefficient (Wildman–Crippen LogP) is -0.163. The average molecular weight is 160 g/mol. The Labute approximate surface area is 63.4 Å². The van der Waals surface area contributed by atoms with Crippen molar-refractivity contribution in [1.82, 2.24) is 10.6 Å². The lowest BCUT2D eigenvalue weighted by atomic mass is 10.4. The molecule has 0 spiro atoms. The Morgan fingerprint density at radius 3 is 3.09 bits per heavy atom. The number of hydrogen-bond acceptors (Lipinski definition) is 3. The largest absolute Gasteiger partial charge is 0.346 e. The van der Waals surface area contributed by atoms with Crippen molar-refractivity contribution < 1.29 is 13.9 Å². The van der Waals surface area contributed by atoms with Gasteiger partial charge in [0, 0.05) is 12.8 Å². The van der Waals surface area contributed by atoms with E-state index in [1.807, 2.05) is 0 Å². The number of halogens is 1. The van der Waals surface area contributed by atoms with Crippen LogP contribution in [0.2, 0.25) is 0 Å². The van der Waals surface area contributed by atoms with Crippen molar-refractivity contribution in [3.63, 3.8) is 0 Å². The van der Waals surface area contributed by atoms with E-state index in [1.165, 1.54) is 0 Å². The number of ether oxygens (including phenoxy) is 1. The number of nitrogens with one attached hydrogen (secondary N) is 2. The summed E-state index contributed by atoms with van der Waals surface area (Å²) in [6.45, 7) is 2.23. The minimum absolute atomic E-state index is 0.452. The van der Waals surface area contributed by atoms with Gasteiger partial charge in [-0.25, -0.2) is 0 Å². The van der Waals surface area contributed by atoms with Crippen molar-refractivity contribution >= 4 is 5.91 Å². The van der Waals surface area contributed by atoms with Crippen LogP contribution in [0.15, 0.2) is 12.0 Å². The topological polar surface area (TPSA) is 50.4 Å². The van der Waals surface area contributed by atoms with E-state index in [1.54, 1.807) is 6.92 Å². The molecular weight excluding hydrogens is 151 g/mol. The van der Waals surface area contributed by atoms with Crippen LogP contribution in [0.1, 0.15) is 6.92 Å². The number of carbonyl (C=O) groups is 1. The summed E-state index contributed by atoms with van der Waals surface area (Å²) < 4.78 is 17.3. The first-order chi connectivity index (χ1) is 5.24. The van der Waals surface area contributed by atoms with Gasteiger partial charge in [-0.3, -0.25) is 4.79 Å². The third-order valence-corrected chi connectivity index (χ3v) is 1.17. The monoisotopic (exact) mass is 160 g/mol. The smallest absolute Gasteiger partial charge is 0.284 e. The first-order valence-electron chi connectivity index (χ1n) is 3.28. The number of carbonyl (C=O) groups excluding carboxylic acids is 1. The van der Waals surface area contributed by atoms with Gasteiger partial charge < -0.3 is 15.4 Å². The van der Waals surface area contributed by atoms with Crippen molar-refractivity contribution in [2.45, 2.75) is 13.3 Å². The fourth-order valence-electron chi connectivity index (χ4n) is 0.701. The lowest BCUT2D eigenvalue weighted by Crippen LogP contribution is -2.48. The molecule has 0 radical (unpaired) electrons. The standard InChI is InChI=1S/C6H9FN2O2/c1-2-11-6-8-3-4(7)5(10)9-6/h3,6,8H,2H2,1H3,(H,9,10). The molecule has 2 N–H and O–H groups in total. The summed E-state index contributed by atoms with van der Waals surface area (Å²) >= 11 is 0. The summed E-state index contributed by atoms with van der Waals surface area (Å²) in [6, 6.07) is 0. The highest BCUT2D eigenvalue weighted by Crippen LogP contribution is 2.00. The van der Waals surface area contributed by atoms with Crippen molar-refractivity contribution in [1.29, 1.82) is 0 Å². The van der Waals surface area contributed by atoms with Crippen molar-refractivity contribution in [3.05, 3.63) is 12.0 Å². The summed E-state index contributed by atoms with van der Waals surface area (Å²) in [6.07, 6.45) is 0.381. The molecule has 0 aliphatic carbocycles. The van der Waals surface area contributed by atoms with E-state index in [-0.39, 0.29) is 0 Å². The molecule has 0 saturated heterocycles. The van der Waals surface area contributed by atoms with Gasteiger partial charge in [0.1, 0.15) is 0 Å². The molecule has 1 atom stereocenters. The van der Waals surface area contributed by atoms with Gasteiger partial charge in [-0.1, -0.05) is 0 Å². The molecule has 0 aromatic carbocycles. The Bertz CT molecular complexity index is 193. The minimum Gasteiger partial charge on any atom is -0.346 e. The maximum atomic E-state index is 12.3. The highest BCUT2D eigenvalue weighted by molar-refractivity contribution is 5.91. The molecule has 1 unspecified atom stereocenters. The summed E-state index contributed by atoms with van der Waals surface area (Å²) in [4.78, 5) is 10.6. The highest BCUT2D eigenvalue weighted by Gasteiger charge is 2.19. The summed E-state index contributed by atoms with van der Waals surface area (Å²) in [7, 11) is 0. The summed E-state index contributed by atoms with van der Waals surface area (Å²) in [5, 5.41) is 4.76. The second kappa shape index (κ2) is 3.34. The SMILES string of the molecule is CCOC1NC=C(F)C(=O)N1. The molecule has 0 saturated carbocycles. The van der Waals surface area contributed by atoms with Gasteiger partial charge in [-0.2, -0.15) is 4.39 Å². The van der Waals surface area contributed by atoms with E-state index >= 15 is 0 Å². The van der Waals surface area contributed by atoms with Gasteiger partial charge in [0.15, 0.2) is 0 Å². The molecule has 0 aromatic rings. The lowest BCUT2D eigenvalue weighted by molar-refractivity contribution is -0.125. The van der Waals surface area contributed by atoms with Gasteiger partial charge in [-0.15, -0.1) is 0 Å². The quantitative estimate of drug-likeness (QED) is 0.590. The van der Waals surface area contributed by atoms with Crippen molar-refractivity contribution in [3.8, 4) is 0 Å². The maximum absolute atomic E-state index is 12.3. The zero-order valence-corrected chi connectivity index (χ0v) is 6.06. The Balaban J connectivity index is 2.48. The van der Waals surface area contributed by atoms with E-state index in [0.29, 0.717) is 6.61 Å². The van der Waals surface area contributed by atoms with Crippen LogP contribution in [0.5, 0.6) is 0 Å². The van der Waals surface area contributed by atoms with Gasteiger partial charge in [0.2, 0.25) is 12.2 Å².